The van der Waals surface area contributed by atoms with E-state index in [1.165, 1.54) is 7.11 Å². The van der Waals surface area contributed by atoms with E-state index in [0.29, 0.717) is 29.6 Å². The van der Waals surface area contributed by atoms with Gasteiger partial charge in [-0.2, -0.15) is 8.42 Å². The molecule has 2 aromatic rings. The van der Waals surface area contributed by atoms with E-state index in [1.807, 2.05) is 13.8 Å². The van der Waals surface area contributed by atoms with Crippen molar-refractivity contribution in [1.29, 1.82) is 0 Å². The van der Waals surface area contributed by atoms with Crippen LogP contribution in [0.2, 0.25) is 0 Å². The molecule has 3 amide bonds. The number of carbonyl (C=O) groups excluding carboxylic acids is 3. The topological polar surface area (TPSA) is 187 Å². The molecule has 0 saturated carbocycles. The Balaban J connectivity index is 1.80. The molecule has 0 bridgehead atoms. The Bertz CT molecular complexity index is 1230. The molecule has 12 nitrogen and oxygen atoms in total. The highest BCUT2D eigenvalue weighted by atomic mass is 32.2. The second kappa shape index (κ2) is 11.3. The van der Waals surface area contributed by atoms with Crippen molar-refractivity contribution in [3.8, 4) is 5.75 Å². The van der Waals surface area contributed by atoms with Gasteiger partial charge in [0.15, 0.2) is 0 Å². The minimum absolute atomic E-state index is 0.0329. The third-order valence-corrected chi connectivity index (χ3v) is 7.03. The second-order valence-corrected chi connectivity index (χ2v) is 10.8. The molecule has 13 heteroatoms. The van der Waals surface area contributed by atoms with Gasteiger partial charge < -0.3 is 30.8 Å². The van der Waals surface area contributed by atoms with Crippen molar-refractivity contribution in [1.82, 2.24) is 20.9 Å². The van der Waals surface area contributed by atoms with E-state index in [9.17, 15) is 32.5 Å². The van der Waals surface area contributed by atoms with E-state index >= 15 is 0 Å². The van der Waals surface area contributed by atoms with Crippen LogP contribution in [0.1, 0.15) is 43.6 Å². The molecule has 6 N–H and O–H groups in total. The largest absolute Gasteiger partial charge is 0.496 e. The highest BCUT2D eigenvalue weighted by Gasteiger charge is 2.38. The first-order chi connectivity index (χ1) is 16.9. The zero-order chi connectivity index (χ0) is 26.6. The van der Waals surface area contributed by atoms with Crippen LogP contribution in [0.3, 0.4) is 0 Å². The van der Waals surface area contributed by atoms with E-state index in [1.54, 1.807) is 24.3 Å². The van der Waals surface area contributed by atoms with Crippen LogP contribution in [-0.2, 0) is 19.7 Å². The molecule has 0 radical (unpaired) electrons. The maximum Gasteiger partial charge on any atom is 0.294 e. The fourth-order valence-electron chi connectivity index (χ4n) is 4.28. The van der Waals surface area contributed by atoms with Crippen molar-refractivity contribution < 1.29 is 37.2 Å². The molecule has 1 aliphatic heterocycles. The monoisotopic (exact) mass is 524 g/mol. The Kier molecular flexibility index (Phi) is 8.59. The van der Waals surface area contributed by atoms with Gasteiger partial charge in [-0.3, -0.25) is 18.9 Å². The molecule has 1 aromatic heterocycles. The SMILES string of the molecule is COc1cccc2[nH]c(C(=O)NC(CC(C)C)C(=O)NC(CC3CCNC3=O)C(O)S(=O)(=O)O)cc12. The van der Waals surface area contributed by atoms with E-state index in [2.05, 4.69) is 20.9 Å². The summed E-state index contributed by atoms with van der Waals surface area (Å²) in [5.74, 6) is -1.77. The third-order valence-electron chi connectivity index (χ3n) is 6.10. The van der Waals surface area contributed by atoms with Gasteiger partial charge in [0.1, 0.15) is 17.5 Å². The summed E-state index contributed by atoms with van der Waals surface area (Å²) in [4.78, 5) is 41.1. The van der Waals surface area contributed by atoms with Gasteiger partial charge >= 0.3 is 0 Å². The number of nitrogens with one attached hydrogen (secondary N) is 4. The summed E-state index contributed by atoms with van der Waals surface area (Å²) in [5, 5.41) is 18.6. The Morgan fingerprint density at radius 1 is 1.25 bits per heavy atom. The fraction of sp³-hybridized carbons (Fsp3) is 0.522. The minimum Gasteiger partial charge on any atom is -0.496 e. The van der Waals surface area contributed by atoms with Crippen molar-refractivity contribution in [3.05, 3.63) is 30.0 Å². The van der Waals surface area contributed by atoms with Crippen LogP contribution in [-0.4, -0.2) is 72.0 Å². The third kappa shape index (κ3) is 6.53. The van der Waals surface area contributed by atoms with Gasteiger partial charge in [-0.1, -0.05) is 19.9 Å². The van der Waals surface area contributed by atoms with E-state index in [-0.39, 0.29) is 30.4 Å². The first-order valence-corrected chi connectivity index (χ1v) is 13.1. The predicted octanol–water partition coefficient (Wildman–Crippen LogP) is 0.538. The van der Waals surface area contributed by atoms with Crippen molar-refractivity contribution in [2.75, 3.05) is 13.7 Å². The number of aromatic nitrogens is 1. The number of aliphatic hydroxyl groups excluding tert-OH is 1. The highest BCUT2D eigenvalue weighted by molar-refractivity contribution is 7.86. The van der Waals surface area contributed by atoms with Gasteiger partial charge in [0, 0.05) is 23.4 Å². The molecule has 1 fully saturated rings. The van der Waals surface area contributed by atoms with Crippen molar-refractivity contribution >= 4 is 38.7 Å². The Hall–Kier alpha value is -3.16. The molecule has 36 heavy (non-hydrogen) atoms. The number of fused-ring (bicyclic) bond motifs is 1. The molecule has 198 valence electrons. The average Bonchev–Trinajstić information content (AvgIpc) is 3.42. The van der Waals surface area contributed by atoms with Gasteiger partial charge in [-0.05, 0) is 43.4 Å². The number of aliphatic hydroxyl groups is 1. The van der Waals surface area contributed by atoms with Gasteiger partial charge in [0.25, 0.3) is 16.0 Å². The molecule has 1 aliphatic rings. The van der Waals surface area contributed by atoms with Crippen LogP contribution < -0.4 is 20.7 Å². The fourth-order valence-corrected chi connectivity index (χ4v) is 4.87. The predicted molar refractivity (Wildman–Crippen MR) is 131 cm³/mol. The van der Waals surface area contributed by atoms with Gasteiger partial charge in [-0.15, -0.1) is 0 Å². The molecular formula is C23H32N4O8S. The summed E-state index contributed by atoms with van der Waals surface area (Å²) in [6.07, 6.45) is 0.391. The maximum absolute atomic E-state index is 13.2. The molecule has 3 rings (SSSR count). The molecule has 0 spiro atoms. The number of benzene rings is 1. The van der Waals surface area contributed by atoms with Crippen LogP contribution in [0.25, 0.3) is 10.9 Å². The quantitative estimate of drug-likeness (QED) is 0.230. The number of hydrogen-bond donors (Lipinski definition) is 6. The number of amides is 3. The van der Waals surface area contributed by atoms with Gasteiger partial charge in [0.2, 0.25) is 17.3 Å². The first-order valence-electron chi connectivity index (χ1n) is 11.6. The molecule has 4 atom stereocenters. The molecule has 1 saturated heterocycles. The highest BCUT2D eigenvalue weighted by Crippen LogP contribution is 2.26. The number of methoxy groups -OCH3 is 1. The van der Waals surface area contributed by atoms with E-state index in [4.69, 9.17) is 4.74 Å². The molecule has 4 unspecified atom stereocenters. The minimum atomic E-state index is -4.94. The lowest BCUT2D eigenvalue weighted by Gasteiger charge is -2.27. The lowest BCUT2D eigenvalue weighted by molar-refractivity contribution is -0.126. The summed E-state index contributed by atoms with van der Waals surface area (Å²) < 4.78 is 38.0. The molecule has 1 aromatic carbocycles. The number of H-pyrrole nitrogens is 1. The Morgan fingerprint density at radius 2 is 1.97 bits per heavy atom. The second-order valence-electron chi connectivity index (χ2n) is 9.29. The van der Waals surface area contributed by atoms with E-state index in [0.717, 1.165) is 0 Å². The number of aromatic amines is 1. The maximum atomic E-state index is 13.2. The molecular weight excluding hydrogens is 492 g/mol. The summed E-state index contributed by atoms with van der Waals surface area (Å²) in [6, 6.07) is 4.33. The Morgan fingerprint density at radius 3 is 2.56 bits per heavy atom. The Labute approximate surface area is 208 Å². The summed E-state index contributed by atoms with van der Waals surface area (Å²) in [6.45, 7) is 4.06. The average molecular weight is 525 g/mol. The van der Waals surface area contributed by atoms with Crippen molar-refractivity contribution in [3.63, 3.8) is 0 Å². The normalized spacial score (nSPS) is 18.5. The molecule has 0 aliphatic carbocycles. The zero-order valence-electron chi connectivity index (χ0n) is 20.3. The lowest BCUT2D eigenvalue weighted by Crippen LogP contribution is -2.54. The zero-order valence-corrected chi connectivity index (χ0v) is 21.1. The first kappa shape index (κ1) is 27.4. The summed E-state index contributed by atoms with van der Waals surface area (Å²) in [5.41, 5.74) is -1.49. The summed E-state index contributed by atoms with van der Waals surface area (Å²) in [7, 11) is -3.43. The lowest BCUT2D eigenvalue weighted by atomic mass is 9.97. The van der Waals surface area contributed by atoms with Crippen LogP contribution in [0, 0.1) is 11.8 Å². The standard InChI is InChI=1S/C23H32N4O8S/c1-12(2)9-16(26-22(30)17-11-14-15(25-17)5-4-6-19(14)35-3)21(29)27-18(23(31)36(32,33)34)10-13-7-8-24-20(13)28/h4-6,11-13,16,18,23,25,31H,7-10H2,1-3H3,(H,24,28)(H,26,30)(H,27,29)(H,32,33,34). The molecule has 2 heterocycles. The summed E-state index contributed by atoms with van der Waals surface area (Å²) >= 11 is 0. The number of ether oxygens (including phenoxy) is 1. The van der Waals surface area contributed by atoms with Crippen molar-refractivity contribution in [2.24, 2.45) is 11.8 Å². The van der Waals surface area contributed by atoms with Crippen LogP contribution in [0.5, 0.6) is 5.75 Å². The number of hydrogen-bond acceptors (Lipinski definition) is 7. The van der Waals surface area contributed by atoms with Crippen LogP contribution in [0.4, 0.5) is 0 Å². The number of carbonyl (C=O) groups is 3. The smallest absolute Gasteiger partial charge is 0.294 e. The van der Waals surface area contributed by atoms with Crippen molar-refractivity contribution in [2.45, 2.75) is 50.6 Å². The van der Waals surface area contributed by atoms with Gasteiger partial charge in [0.05, 0.1) is 13.2 Å². The van der Waals surface area contributed by atoms with E-state index < -0.39 is 45.4 Å². The van der Waals surface area contributed by atoms with Crippen LogP contribution >= 0.6 is 0 Å². The number of rotatable bonds is 11. The van der Waals surface area contributed by atoms with Crippen LogP contribution in [0.15, 0.2) is 24.3 Å². The van der Waals surface area contributed by atoms with Gasteiger partial charge in [-0.25, -0.2) is 0 Å².